The van der Waals surface area contributed by atoms with Gasteiger partial charge in [0.2, 0.25) is 5.96 Å². The molecule has 0 heterocycles. The lowest BCUT2D eigenvalue weighted by Gasteiger charge is -2.18. The molecule has 116 valence electrons. The number of hydrogen-bond acceptors (Lipinski definition) is 1. The van der Waals surface area contributed by atoms with E-state index < -0.39 is 0 Å². The number of aliphatic imine (C=N–C) groups is 2. The monoisotopic (exact) mass is 292 g/mol. The highest BCUT2D eigenvalue weighted by Crippen LogP contribution is 2.09. The Balaban J connectivity index is 2.80. The molecule has 21 heavy (non-hydrogen) atoms. The van der Waals surface area contributed by atoms with Crippen molar-refractivity contribution in [3.63, 3.8) is 0 Å². The molecule has 1 aromatic rings. The van der Waals surface area contributed by atoms with E-state index in [1.807, 2.05) is 20.9 Å². The number of amidine groups is 1. The van der Waals surface area contributed by atoms with Crippen LogP contribution in [0.5, 0.6) is 0 Å². The van der Waals surface area contributed by atoms with Crippen molar-refractivity contribution in [1.82, 2.24) is 4.90 Å². The molecule has 0 atom stereocenters. The molecule has 0 fully saturated rings. The van der Waals surface area contributed by atoms with Crippen LogP contribution in [-0.2, 0) is 0 Å². The Bertz CT molecular complexity index is 497. The second-order valence-corrected chi connectivity index (χ2v) is 4.87. The summed E-state index contributed by atoms with van der Waals surface area (Å²) in [6, 6.07) is 6.29. The zero-order chi connectivity index (χ0) is 15.7. The van der Waals surface area contributed by atoms with E-state index in [4.69, 9.17) is 0 Å². The van der Waals surface area contributed by atoms with Gasteiger partial charge in [0, 0.05) is 25.8 Å². The van der Waals surface area contributed by atoms with Crippen LogP contribution in [0.1, 0.15) is 33.6 Å². The molecule has 4 nitrogen and oxygen atoms in total. The molecule has 1 rings (SSSR count). The molecule has 0 aliphatic rings. The van der Waals surface area contributed by atoms with Crippen molar-refractivity contribution < 1.29 is 4.39 Å². The lowest BCUT2D eigenvalue weighted by Crippen LogP contribution is -2.27. The fourth-order valence-electron chi connectivity index (χ4n) is 1.74. The van der Waals surface area contributed by atoms with Gasteiger partial charge in [-0.15, -0.1) is 0 Å². The highest BCUT2D eigenvalue weighted by atomic mass is 19.1. The summed E-state index contributed by atoms with van der Waals surface area (Å²) in [6.45, 7) is 7.64. The third kappa shape index (κ3) is 6.38. The summed E-state index contributed by atoms with van der Waals surface area (Å²) in [4.78, 5) is 10.9. The van der Waals surface area contributed by atoms with Gasteiger partial charge in [-0.3, -0.25) is 4.99 Å². The van der Waals surface area contributed by atoms with Crippen molar-refractivity contribution in [2.24, 2.45) is 9.98 Å². The second kappa shape index (κ2) is 9.10. The topological polar surface area (TPSA) is 40.0 Å². The summed E-state index contributed by atoms with van der Waals surface area (Å²) in [5, 5.41) is 3.06. The number of hydrogen-bond donors (Lipinski definition) is 1. The van der Waals surface area contributed by atoms with Crippen LogP contribution in [0.4, 0.5) is 10.1 Å². The smallest absolute Gasteiger partial charge is 0.224 e. The lowest BCUT2D eigenvalue weighted by molar-refractivity contribution is 0.482. The number of unbranched alkanes of at least 4 members (excludes halogenated alkanes) is 1. The predicted octanol–water partition coefficient (Wildman–Crippen LogP) is 3.76. The molecular weight excluding hydrogens is 267 g/mol. The van der Waals surface area contributed by atoms with Crippen LogP contribution >= 0.6 is 0 Å². The van der Waals surface area contributed by atoms with E-state index in [1.54, 1.807) is 12.1 Å². The molecule has 0 saturated carbocycles. The minimum absolute atomic E-state index is 0.281. The Morgan fingerprint density at radius 2 is 2.10 bits per heavy atom. The molecule has 0 aromatic heterocycles. The molecule has 0 amide bonds. The molecule has 0 spiro atoms. The van der Waals surface area contributed by atoms with Crippen molar-refractivity contribution in [3.8, 4) is 0 Å². The van der Waals surface area contributed by atoms with Crippen LogP contribution in [0.25, 0.3) is 0 Å². The standard InChI is InChI=1S/C16H25FN4/c1-5-7-11-21(4)13(3)19-16(18-6-2)20-15-10-8-9-14(17)12-15/h8-10,12H,5-7,11H2,1-4H3,(H,18,20)/b19-13+. The molecule has 5 heteroatoms. The zero-order valence-electron chi connectivity index (χ0n) is 13.4. The van der Waals surface area contributed by atoms with Crippen molar-refractivity contribution in [2.45, 2.75) is 33.6 Å². The van der Waals surface area contributed by atoms with Gasteiger partial charge in [0.15, 0.2) is 0 Å². The maximum Gasteiger partial charge on any atom is 0.224 e. The minimum atomic E-state index is -0.281. The van der Waals surface area contributed by atoms with E-state index in [1.165, 1.54) is 12.1 Å². The Morgan fingerprint density at radius 1 is 1.33 bits per heavy atom. The van der Waals surface area contributed by atoms with E-state index >= 15 is 0 Å². The Kier molecular flexibility index (Phi) is 7.43. The molecule has 0 unspecified atom stereocenters. The third-order valence-corrected chi connectivity index (χ3v) is 3.06. The van der Waals surface area contributed by atoms with E-state index in [2.05, 4.69) is 27.1 Å². The SMILES string of the molecule is CCCCN(C)/C(C)=N/C(=NCC)Nc1cccc(F)c1. The Labute approximate surface area is 126 Å². The number of anilines is 1. The summed E-state index contributed by atoms with van der Waals surface area (Å²) < 4.78 is 13.2. The molecule has 0 radical (unpaired) electrons. The molecule has 1 aromatic carbocycles. The van der Waals surface area contributed by atoms with Crippen molar-refractivity contribution in [2.75, 3.05) is 25.5 Å². The molecular formula is C16H25FN4. The molecule has 0 saturated heterocycles. The van der Waals surface area contributed by atoms with E-state index in [0.29, 0.717) is 18.2 Å². The first kappa shape index (κ1) is 17.1. The van der Waals surface area contributed by atoms with Gasteiger partial charge in [-0.1, -0.05) is 19.4 Å². The van der Waals surface area contributed by atoms with Crippen molar-refractivity contribution in [3.05, 3.63) is 30.1 Å². The largest absolute Gasteiger partial charge is 0.363 e. The number of nitrogens with zero attached hydrogens (tertiary/aromatic N) is 3. The molecule has 1 N–H and O–H groups in total. The number of nitrogens with one attached hydrogen (secondary N) is 1. The van der Waals surface area contributed by atoms with Crippen molar-refractivity contribution in [1.29, 1.82) is 0 Å². The van der Waals surface area contributed by atoms with Gasteiger partial charge in [-0.2, -0.15) is 0 Å². The zero-order valence-corrected chi connectivity index (χ0v) is 13.4. The fourth-order valence-corrected chi connectivity index (χ4v) is 1.74. The summed E-state index contributed by atoms with van der Waals surface area (Å²) in [6.07, 6.45) is 2.27. The number of rotatable bonds is 5. The Hall–Kier alpha value is -1.91. The van der Waals surface area contributed by atoms with Gasteiger partial charge in [-0.05, 0) is 38.5 Å². The van der Waals surface area contributed by atoms with Crippen LogP contribution in [0.15, 0.2) is 34.3 Å². The first-order valence-corrected chi connectivity index (χ1v) is 7.40. The molecule has 0 aliphatic carbocycles. The first-order valence-electron chi connectivity index (χ1n) is 7.40. The van der Waals surface area contributed by atoms with Gasteiger partial charge in [0.1, 0.15) is 11.7 Å². The Morgan fingerprint density at radius 3 is 2.71 bits per heavy atom. The van der Waals surface area contributed by atoms with E-state index in [9.17, 15) is 4.39 Å². The summed E-state index contributed by atoms with van der Waals surface area (Å²) in [5.74, 6) is 1.11. The number of guanidine groups is 1. The lowest BCUT2D eigenvalue weighted by atomic mass is 10.3. The second-order valence-electron chi connectivity index (χ2n) is 4.87. The number of halogens is 1. The van der Waals surface area contributed by atoms with Gasteiger partial charge < -0.3 is 10.2 Å². The van der Waals surface area contributed by atoms with Gasteiger partial charge >= 0.3 is 0 Å². The van der Waals surface area contributed by atoms with Crippen LogP contribution in [-0.4, -0.2) is 36.8 Å². The van der Waals surface area contributed by atoms with Crippen LogP contribution in [0, 0.1) is 5.82 Å². The van der Waals surface area contributed by atoms with Gasteiger partial charge in [0.05, 0.1) is 0 Å². The maximum atomic E-state index is 13.2. The van der Waals surface area contributed by atoms with Gasteiger partial charge in [-0.25, -0.2) is 9.38 Å². The number of benzene rings is 1. The highest BCUT2D eigenvalue weighted by Gasteiger charge is 2.04. The normalized spacial score (nSPS) is 12.4. The summed E-state index contributed by atoms with van der Waals surface area (Å²) in [5.41, 5.74) is 0.648. The van der Waals surface area contributed by atoms with Gasteiger partial charge in [0.25, 0.3) is 0 Å². The highest BCUT2D eigenvalue weighted by molar-refractivity contribution is 6.02. The van der Waals surface area contributed by atoms with Crippen LogP contribution in [0.2, 0.25) is 0 Å². The van der Waals surface area contributed by atoms with E-state index in [0.717, 1.165) is 25.2 Å². The average molecular weight is 292 g/mol. The predicted molar refractivity (Wildman–Crippen MR) is 88.6 cm³/mol. The fraction of sp³-hybridized carbons (Fsp3) is 0.500. The molecule has 0 aliphatic heterocycles. The minimum Gasteiger partial charge on any atom is -0.363 e. The van der Waals surface area contributed by atoms with Crippen molar-refractivity contribution >= 4 is 17.5 Å². The summed E-state index contributed by atoms with van der Waals surface area (Å²) >= 11 is 0. The van der Waals surface area contributed by atoms with Crippen LogP contribution < -0.4 is 5.32 Å². The van der Waals surface area contributed by atoms with Crippen LogP contribution in [0.3, 0.4) is 0 Å². The summed E-state index contributed by atoms with van der Waals surface area (Å²) in [7, 11) is 2.01. The quantitative estimate of drug-likeness (QED) is 0.663. The maximum absolute atomic E-state index is 13.2. The molecule has 0 bridgehead atoms. The average Bonchev–Trinajstić information content (AvgIpc) is 2.44. The first-order chi connectivity index (χ1) is 10.1. The van der Waals surface area contributed by atoms with E-state index in [-0.39, 0.29) is 5.82 Å². The third-order valence-electron chi connectivity index (χ3n) is 3.06.